The minimum Gasteiger partial charge on any atom is -0.198 e. The molecule has 0 saturated carbocycles. The van der Waals surface area contributed by atoms with E-state index in [2.05, 4.69) is 62.4 Å². The van der Waals surface area contributed by atoms with Gasteiger partial charge < -0.3 is 0 Å². The summed E-state index contributed by atoms with van der Waals surface area (Å²) < 4.78 is 0. The fourth-order valence-corrected chi connectivity index (χ4v) is 6.07. The van der Waals surface area contributed by atoms with Gasteiger partial charge in [0, 0.05) is 5.41 Å². The van der Waals surface area contributed by atoms with Gasteiger partial charge in [-0.3, -0.25) is 0 Å². The van der Waals surface area contributed by atoms with E-state index in [0.717, 1.165) is 11.1 Å². The van der Waals surface area contributed by atoms with Crippen molar-refractivity contribution in [3.05, 3.63) is 58.7 Å². The van der Waals surface area contributed by atoms with Crippen molar-refractivity contribution in [1.29, 1.82) is 10.5 Å². The van der Waals surface area contributed by atoms with Gasteiger partial charge in [0.25, 0.3) is 0 Å². The predicted molar refractivity (Wildman–Crippen MR) is 147 cm³/mol. The number of hydrogen-bond acceptors (Lipinski definition) is 2. The minimum atomic E-state index is 0.0110. The normalized spacial score (nSPS) is 13.1. The molecule has 2 aromatic rings. The molecule has 0 radical (unpaired) electrons. The van der Waals surface area contributed by atoms with Crippen LogP contribution in [-0.2, 0) is 18.3 Å². The third-order valence-corrected chi connectivity index (χ3v) is 7.97. The van der Waals surface area contributed by atoms with E-state index in [-0.39, 0.29) is 5.41 Å². The molecule has 0 atom stereocenters. The van der Waals surface area contributed by atoms with E-state index >= 15 is 0 Å². The summed E-state index contributed by atoms with van der Waals surface area (Å²) in [6.45, 7) is 4.55. The SMILES string of the molecule is CCCCCCCCC1(CCCCCCCC)c2cc(CC#N)ccc2-c2ccc(CC#N)cc21. The second-order valence-electron chi connectivity index (χ2n) is 10.5. The van der Waals surface area contributed by atoms with Crippen LogP contribution in [0.15, 0.2) is 36.4 Å². The van der Waals surface area contributed by atoms with Gasteiger partial charge in [0.15, 0.2) is 0 Å². The van der Waals surface area contributed by atoms with Crippen LogP contribution < -0.4 is 0 Å². The standard InChI is InChI=1S/C33H44N2/c1-3-5-7-9-11-13-21-33(22-14-12-10-8-6-4-2)31-25-27(19-23-34)15-17-29(31)30-18-16-28(20-24-35)26-32(30)33/h15-18,25-26H,3-14,19-22H2,1-2H3. The number of nitrogens with zero attached hydrogens (tertiary/aromatic N) is 2. The molecule has 0 aliphatic heterocycles. The molecule has 1 aliphatic carbocycles. The third kappa shape index (κ3) is 6.76. The maximum atomic E-state index is 9.38. The van der Waals surface area contributed by atoms with Crippen LogP contribution in [0.2, 0.25) is 0 Å². The Balaban J connectivity index is 1.95. The first kappa shape index (κ1) is 27.0. The lowest BCUT2D eigenvalue weighted by Crippen LogP contribution is -2.26. The highest BCUT2D eigenvalue weighted by Gasteiger charge is 2.42. The van der Waals surface area contributed by atoms with E-state index in [0.29, 0.717) is 12.8 Å². The Morgan fingerprint density at radius 2 is 0.971 bits per heavy atom. The molecular formula is C33H44N2. The Kier molecular flexibility index (Phi) is 10.9. The van der Waals surface area contributed by atoms with Crippen molar-refractivity contribution in [3.63, 3.8) is 0 Å². The van der Waals surface area contributed by atoms with Crippen LogP contribution in [0.25, 0.3) is 11.1 Å². The summed E-state index contributed by atoms with van der Waals surface area (Å²) in [7, 11) is 0. The van der Waals surface area contributed by atoms with E-state index in [1.54, 1.807) is 0 Å². The first-order valence-electron chi connectivity index (χ1n) is 14.2. The summed E-state index contributed by atoms with van der Waals surface area (Å²) >= 11 is 0. The first-order valence-corrected chi connectivity index (χ1v) is 14.2. The molecule has 2 nitrogen and oxygen atoms in total. The van der Waals surface area contributed by atoms with Crippen molar-refractivity contribution >= 4 is 0 Å². The van der Waals surface area contributed by atoms with Gasteiger partial charge in [-0.15, -0.1) is 0 Å². The molecular weight excluding hydrogens is 424 g/mol. The van der Waals surface area contributed by atoms with Crippen LogP contribution >= 0.6 is 0 Å². The van der Waals surface area contributed by atoms with E-state index in [4.69, 9.17) is 0 Å². The van der Waals surface area contributed by atoms with Crippen LogP contribution in [0.3, 0.4) is 0 Å². The first-order chi connectivity index (χ1) is 17.2. The summed E-state index contributed by atoms with van der Waals surface area (Å²) in [6.07, 6.45) is 18.9. The zero-order valence-electron chi connectivity index (χ0n) is 22.2. The Hall–Kier alpha value is -2.58. The van der Waals surface area contributed by atoms with Crippen molar-refractivity contribution in [3.8, 4) is 23.3 Å². The van der Waals surface area contributed by atoms with Crippen molar-refractivity contribution in [2.24, 2.45) is 0 Å². The van der Waals surface area contributed by atoms with Gasteiger partial charge in [0.2, 0.25) is 0 Å². The number of rotatable bonds is 16. The van der Waals surface area contributed by atoms with Crippen molar-refractivity contribution in [1.82, 2.24) is 0 Å². The van der Waals surface area contributed by atoms with Gasteiger partial charge in [-0.25, -0.2) is 0 Å². The summed E-state index contributed by atoms with van der Waals surface area (Å²) in [5.74, 6) is 0. The second kappa shape index (κ2) is 14.1. The fourth-order valence-electron chi connectivity index (χ4n) is 6.07. The number of benzene rings is 2. The third-order valence-electron chi connectivity index (χ3n) is 7.97. The van der Waals surface area contributed by atoms with Gasteiger partial charge in [-0.1, -0.05) is 127 Å². The lowest BCUT2D eigenvalue weighted by Gasteiger charge is -2.33. The van der Waals surface area contributed by atoms with E-state index in [1.807, 2.05) is 0 Å². The Labute approximate surface area is 214 Å². The predicted octanol–water partition coefficient (Wildman–Crippen LogP) is 9.59. The maximum absolute atomic E-state index is 9.38. The second-order valence-corrected chi connectivity index (χ2v) is 10.5. The number of nitriles is 2. The average molecular weight is 469 g/mol. The highest BCUT2D eigenvalue weighted by atomic mass is 14.5. The molecule has 0 bridgehead atoms. The van der Waals surface area contributed by atoms with E-state index in [1.165, 1.54) is 112 Å². The van der Waals surface area contributed by atoms with E-state index in [9.17, 15) is 10.5 Å². The van der Waals surface area contributed by atoms with Crippen LogP contribution in [0.4, 0.5) is 0 Å². The summed E-state index contributed by atoms with van der Waals surface area (Å²) in [5, 5.41) is 18.8. The molecule has 0 saturated heterocycles. The smallest absolute Gasteiger partial charge is 0.0669 e. The Morgan fingerprint density at radius 3 is 1.37 bits per heavy atom. The highest BCUT2D eigenvalue weighted by Crippen LogP contribution is 2.54. The molecule has 1 aliphatic rings. The van der Waals surface area contributed by atoms with Crippen LogP contribution in [-0.4, -0.2) is 0 Å². The summed E-state index contributed by atoms with van der Waals surface area (Å²) in [6, 6.07) is 18.2. The highest BCUT2D eigenvalue weighted by molar-refractivity contribution is 5.81. The average Bonchev–Trinajstić information content (AvgIpc) is 3.13. The number of fused-ring (bicyclic) bond motifs is 3. The fraction of sp³-hybridized carbons (Fsp3) is 0.576. The van der Waals surface area contributed by atoms with Crippen LogP contribution in [0, 0.1) is 22.7 Å². The monoisotopic (exact) mass is 468 g/mol. The lowest BCUT2D eigenvalue weighted by atomic mass is 9.70. The molecule has 0 amide bonds. The largest absolute Gasteiger partial charge is 0.198 e. The molecule has 0 spiro atoms. The van der Waals surface area contributed by atoms with Crippen LogP contribution in [0.1, 0.15) is 126 Å². The zero-order chi connectivity index (χ0) is 24.9. The number of unbranched alkanes of at least 4 members (excludes halogenated alkanes) is 10. The van der Waals surface area contributed by atoms with Gasteiger partial charge in [0.05, 0.1) is 25.0 Å². The number of hydrogen-bond donors (Lipinski definition) is 0. The summed E-state index contributed by atoms with van der Waals surface area (Å²) in [4.78, 5) is 0. The molecule has 186 valence electrons. The van der Waals surface area contributed by atoms with Gasteiger partial charge in [-0.05, 0) is 46.2 Å². The lowest BCUT2D eigenvalue weighted by molar-refractivity contribution is 0.397. The van der Waals surface area contributed by atoms with Crippen molar-refractivity contribution in [2.75, 3.05) is 0 Å². The molecule has 0 heterocycles. The van der Waals surface area contributed by atoms with Crippen molar-refractivity contribution in [2.45, 2.75) is 122 Å². The molecule has 0 aromatic heterocycles. The Bertz CT molecular complexity index is 937. The summed E-state index contributed by atoms with van der Waals surface area (Å²) in [5.41, 5.74) is 7.85. The molecule has 0 N–H and O–H groups in total. The minimum absolute atomic E-state index is 0.0110. The molecule has 35 heavy (non-hydrogen) atoms. The molecule has 0 fully saturated rings. The van der Waals surface area contributed by atoms with Gasteiger partial charge in [-0.2, -0.15) is 10.5 Å². The van der Waals surface area contributed by atoms with Gasteiger partial charge in [0.1, 0.15) is 0 Å². The molecule has 3 rings (SSSR count). The van der Waals surface area contributed by atoms with Crippen LogP contribution in [0.5, 0.6) is 0 Å². The molecule has 2 aromatic carbocycles. The zero-order valence-corrected chi connectivity index (χ0v) is 22.2. The Morgan fingerprint density at radius 1 is 0.571 bits per heavy atom. The van der Waals surface area contributed by atoms with Crippen molar-refractivity contribution < 1.29 is 0 Å². The topological polar surface area (TPSA) is 47.6 Å². The van der Waals surface area contributed by atoms with Gasteiger partial charge >= 0.3 is 0 Å². The molecule has 2 heteroatoms. The quantitative estimate of drug-likeness (QED) is 0.230. The molecule has 0 unspecified atom stereocenters. The maximum Gasteiger partial charge on any atom is 0.0669 e. The van der Waals surface area contributed by atoms with E-state index < -0.39 is 0 Å².